The van der Waals surface area contributed by atoms with Crippen LogP contribution in [0.2, 0.25) is 0 Å². The van der Waals surface area contributed by atoms with E-state index in [2.05, 4.69) is 12.2 Å². The van der Waals surface area contributed by atoms with E-state index in [1.54, 1.807) is 12.1 Å². The Morgan fingerprint density at radius 1 is 1.29 bits per heavy atom. The molecule has 1 aromatic rings. The van der Waals surface area contributed by atoms with Crippen molar-refractivity contribution in [3.8, 4) is 0 Å². The maximum atomic E-state index is 10.9. The molecule has 4 nitrogen and oxygen atoms in total. The molecule has 1 saturated carbocycles. The lowest BCUT2D eigenvalue weighted by Gasteiger charge is -2.26. The number of benzene rings is 1. The first-order valence-corrected chi connectivity index (χ1v) is 8.10. The molecule has 0 heterocycles. The third-order valence-electron chi connectivity index (χ3n) is 4.53. The van der Waals surface area contributed by atoms with Gasteiger partial charge >= 0.3 is 0 Å². The standard InChI is InChI=1S/C17H26N2O2/c1-14-5-4-6-15(13-14)9-11-18-12-10-16-7-2-3-8-17(16)19(20)21/h2-3,7-8,14-15,18H,4-6,9-13H2,1H3. The molecule has 0 saturated heterocycles. The van der Waals surface area contributed by atoms with Crippen LogP contribution in [0.15, 0.2) is 24.3 Å². The van der Waals surface area contributed by atoms with Crippen molar-refractivity contribution in [2.45, 2.75) is 45.4 Å². The van der Waals surface area contributed by atoms with Crippen LogP contribution < -0.4 is 5.32 Å². The molecule has 2 rings (SSSR count). The topological polar surface area (TPSA) is 55.2 Å². The second-order valence-electron chi connectivity index (χ2n) is 6.31. The molecule has 0 bridgehead atoms. The summed E-state index contributed by atoms with van der Waals surface area (Å²) in [6.07, 6.45) is 7.46. The van der Waals surface area contributed by atoms with Crippen molar-refractivity contribution in [1.29, 1.82) is 0 Å². The molecule has 21 heavy (non-hydrogen) atoms. The van der Waals surface area contributed by atoms with Gasteiger partial charge in [-0.2, -0.15) is 0 Å². The first-order valence-electron chi connectivity index (χ1n) is 8.10. The largest absolute Gasteiger partial charge is 0.316 e. The molecule has 2 atom stereocenters. The number of rotatable bonds is 7. The summed E-state index contributed by atoms with van der Waals surface area (Å²) in [5, 5.41) is 14.4. The van der Waals surface area contributed by atoms with Crippen molar-refractivity contribution in [2.24, 2.45) is 11.8 Å². The Kier molecular flexibility index (Phi) is 6.18. The molecule has 1 aliphatic rings. The van der Waals surface area contributed by atoms with E-state index in [-0.39, 0.29) is 10.6 Å². The van der Waals surface area contributed by atoms with E-state index < -0.39 is 0 Å². The lowest BCUT2D eigenvalue weighted by molar-refractivity contribution is -0.385. The minimum atomic E-state index is -0.293. The molecule has 2 unspecified atom stereocenters. The van der Waals surface area contributed by atoms with Crippen LogP contribution in [0.1, 0.15) is 44.6 Å². The van der Waals surface area contributed by atoms with Gasteiger partial charge in [0.25, 0.3) is 5.69 Å². The van der Waals surface area contributed by atoms with E-state index in [0.717, 1.165) is 36.9 Å². The Balaban J connectivity index is 1.67. The molecule has 0 radical (unpaired) electrons. The highest BCUT2D eigenvalue weighted by Gasteiger charge is 2.18. The van der Waals surface area contributed by atoms with Gasteiger partial charge in [-0.1, -0.05) is 44.4 Å². The predicted octanol–water partition coefficient (Wildman–Crippen LogP) is 3.94. The second kappa shape index (κ2) is 8.13. The number of para-hydroxylation sites is 1. The lowest BCUT2D eigenvalue weighted by Crippen LogP contribution is -2.23. The van der Waals surface area contributed by atoms with Crippen molar-refractivity contribution in [3.05, 3.63) is 39.9 Å². The predicted molar refractivity (Wildman–Crippen MR) is 85.4 cm³/mol. The summed E-state index contributed by atoms with van der Waals surface area (Å²) in [4.78, 5) is 10.6. The van der Waals surface area contributed by atoms with Crippen LogP contribution in [0, 0.1) is 22.0 Å². The SMILES string of the molecule is CC1CCCC(CCNCCc2ccccc2[N+](=O)[O-])C1. The summed E-state index contributed by atoms with van der Waals surface area (Å²) in [6.45, 7) is 4.19. The third-order valence-corrected chi connectivity index (χ3v) is 4.53. The number of hydrogen-bond donors (Lipinski definition) is 1. The summed E-state index contributed by atoms with van der Waals surface area (Å²) in [5.74, 6) is 1.75. The molecule has 1 aromatic carbocycles. The monoisotopic (exact) mass is 290 g/mol. The minimum Gasteiger partial charge on any atom is -0.316 e. The third kappa shape index (κ3) is 5.12. The molecule has 0 amide bonds. The average molecular weight is 290 g/mol. The Morgan fingerprint density at radius 2 is 2.10 bits per heavy atom. The highest BCUT2D eigenvalue weighted by Crippen LogP contribution is 2.30. The summed E-state index contributed by atoms with van der Waals surface area (Å²) >= 11 is 0. The van der Waals surface area contributed by atoms with Crippen LogP contribution in [0.5, 0.6) is 0 Å². The average Bonchev–Trinajstić information content (AvgIpc) is 2.47. The van der Waals surface area contributed by atoms with E-state index in [1.165, 1.54) is 32.1 Å². The zero-order chi connectivity index (χ0) is 15.1. The van der Waals surface area contributed by atoms with E-state index in [1.807, 2.05) is 12.1 Å². The van der Waals surface area contributed by atoms with E-state index in [4.69, 9.17) is 0 Å². The molecule has 0 aliphatic heterocycles. The van der Waals surface area contributed by atoms with Crippen molar-refractivity contribution < 1.29 is 4.92 Å². The first kappa shape index (κ1) is 16.0. The number of nitrogens with one attached hydrogen (secondary N) is 1. The Labute approximate surface area is 127 Å². The molecular formula is C17H26N2O2. The van der Waals surface area contributed by atoms with Gasteiger partial charge in [-0.05, 0) is 44.2 Å². The second-order valence-corrected chi connectivity index (χ2v) is 6.31. The maximum absolute atomic E-state index is 10.9. The van der Waals surface area contributed by atoms with Crippen LogP contribution in [0.25, 0.3) is 0 Å². The lowest BCUT2D eigenvalue weighted by atomic mass is 9.81. The number of nitrogens with zero attached hydrogens (tertiary/aromatic N) is 1. The summed E-state index contributed by atoms with van der Waals surface area (Å²) in [5.41, 5.74) is 1.06. The van der Waals surface area contributed by atoms with E-state index in [0.29, 0.717) is 0 Å². The molecule has 1 aliphatic carbocycles. The summed E-state index contributed by atoms with van der Waals surface area (Å²) in [7, 11) is 0. The van der Waals surface area contributed by atoms with E-state index >= 15 is 0 Å². The van der Waals surface area contributed by atoms with Crippen molar-refractivity contribution in [2.75, 3.05) is 13.1 Å². The van der Waals surface area contributed by atoms with Gasteiger partial charge in [-0.3, -0.25) is 10.1 Å². The summed E-state index contributed by atoms with van der Waals surface area (Å²) in [6, 6.07) is 7.02. The zero-order valence-corrected chi connectivity index (χ0v) is 12.9. The highest BCUT2D eigenvalue weighted by atomic mass is 16.6. The van der Waals surface area contributed by atoms with Gasteiger partial charge in [0.1, 0.15) is 0 Å². The van der Waals surface area contributed by atoms with Gasteiger partial charge in [0.05, 0.1) is 4.92 Å². The van der Waals surface area contributed by atoms with Crippen molar-refractivity contribution in [3.63, 3.8) is 0 Å². The van der Waals surface area contributed by atoms with Gasteiger partial charge in [0.15, 0.2) is 0 Å². The van der Waals surface area contributed by atoms with Crippen molar-refractivity contribution in [1.82, 2.24) is 5.32 Å². The molecule has 1 fully saturated rings. The Bertz CT molecular complexity index is 462. The van der Waals surface area contributed by atoms with Crippen molar-refractivity contribution >= 4 is 5.69 Å². The Hall–Kier alpha value is -1.42. The molecule has 0 aromatic heterocycles. The van der Waals surface area contributed by atoms with Crippen LogP contribution in [0.3, 0.4) is 0 Å². The molecule has 0 spiro atoms. The van der Waals surface area contributed by atoms with Gasteiger partial charge in [-0.25, -0.2) is 0 Å². The molecule has 116 valence electrons. The number of nitro groups is 1. The fraction of sp³-hybridized carbons (Fsp3) is 0.647. The van der Waals surface area contributed by atoms with Crippen LogP contribution in [-0.2, 0) is 6.42 Å². The van der Waals surface area contributed by atoms with Crippen LogP contribution >= 0.6 is 0 Å². The zero-order valence-electron chi connectivity index (χ0n) is 12.9. The van der Waals surface area contributed by atoms with Gasteiger partial charge in [-0.15, -0.1) is 0 Å². The van der Waals surface area contributed by atoms with Gasteiger partial charge in [0.2, 0.25) is 0 Å². The van der Waals surface area contributed by atoms with Gasteiger partial charge in [0, 0.05) is 11.6 Å². The first-order chi connectivity index (χ1) is 10.2. The summed E-state index contributed by atoms with van der Waals surface area (Å²) < 4.78 is 0. The quantitative estimate of drug-likeness (QED) is 0.470. The maximum Gasteiger partial charge on any atom is 0.272 e. The van der Waals surface area contributed by atoms with Gasteiger partial charge < -0.3 is 5.32 Å². The Morgan fingerprint density at radius 3 is 2.86 bits per heavy atom. The van der Waals surface area contributed by atoms with Crippen LogP contribution in [-0.4, -0.2) is 18.0 Å². The fourth-order valence-electron chi connectivity index (χ4n) is 3.38. The van der Waals surface area contributed by atoms with Crippen LogP contribution in [0.4, 0.5) is 5.69 Å². The number of nitro benzene ring substituents is 1. The minimum absolute atomic E-state index is 0.236. The molecule has 4 heteroatoms. The number of hydrogen-bond acceptors (Lipinski definition) is 3. The highest BCUT2D eigenvalue weighted by molar-refractivity contribution is 5.39. The molecular weight excluding hydrogens is 264 g/mol. The smallest absolute Gasteiger partial charge is 0.272 e. The fourth-order valence-corrected chi connectivity index (χ4v) is 3.38. The van der Waals surface area contributed by atoms with E-state index in [9.17, 15) is 10.1 Å². The normalized spacial score (nSPS) is 22.1. The molecule has 1 N–H and O–H groups in total.